The van der Waals surface area contributed by atoms with Gasteiger partial charge in [0.2, 0.25) is 5.88 Å². The van der Waals surface area contributed by atoms with Gasteiger partial charge in [-0.1, -0.05) is 48.6 Å². The fourth-order valence-corrected chi connectivity index (χ4v) is 4.36. The van der Waals surface area contributed by atoms with E-state index in [2.05, 4.69) is 11.1 Å². The van der Waals surface area contributed by atoms with Gasteiger partial charge in [-0.25, -0.2) is 0 Å². The summed E-state index contributed by atoms with van der Waals surface area (Å²) in [5.41, 5.74) is 4.02. The summed E-state index contributed by atoms with van der Waals surface area (Å²) in [7, 11) is 0. The van der Waals surface area contributed by atoms with E-state index in [1.807, 2.05) is 54.3 Å². The van der Waals surface area contributed by atoms with E-state index in [0.717, 1.165) is 29.7 Å². The summed E-state index contributed by atoms with van der Waals surface area (Å²) in [6.07, 6.45) is 11.3. The molecular formula is C27H27N3O4. The molecule has 0 saturated carbocycles. The number of allylic oxidation sites excluding steroid dienone is 4. The second kappa shape index (κ2) is 9.47. The van der Waals surface area contributed by atoms with Gasteiger partial charge in [-0.05, 0) is 37.0 Å². The van der Waals surface area contributed by atoms with Crippen LogP contribution in [0.15, 0.2) is 84.4 Å². The number of ketones is 1. The van der Waals surface area contributed by atoms with E-state index in [9.17, 15) is 9.59 Å². The van der Waals surface area contributed by atoms with Gasteiger partial charge in [0, 0.05) is 43.1 Å². The first kappa shape index (κ1) is 21.8. The van der Waals surface area contributed by atoms with Gasteiger partial charge in [0.05, 0.1) is 0 Å². The Balaban J connectivity index is 1.20. The van der Waals surface area contributed by atoms with Crippen molar-refractivity contribution in [1.29, 1.82) is 0 Å². The van der Waals surface area contributed by atoms with E-state index in [0.29, 0.717) is 49.1 Å². The van der Waals surface area contributed by atoms with Crippen molar-refractivity contribution in [3.63, 3.8) is 0 Å². The molecule has 7 heteroatoms. The van der Waals surface area contributed by atoms with Crippen LogP contribution in [-0.4, -0.2) is 52.7 Å². The molecule has 0 radical (unpaired) electrons. The molecule has 0 atom stereocenters. The van der Waals surface area contributed by atoms with Gasteiger partial charge in [0.1, 0.15) is 6.26 Å². The molecule has 2 aromatic rings. The Kier molecular flexibility index (Phi) is 6.08. The minimum absolute atomic E-state index is 0.419. The number of hydrogen-bond donors (Lipinski definition) is 1. The van der Waals surface area contributed by atoms with Crippen molar-refractivity contribution in [2.75, 3.05) is 26.2 Å². The van der Waals surface area contributed by atoms with Crippen LogP contribution in [0.2, 0.25) is 0 Å². The first-order valence-corrected chi connectivity index (χ1v) is 11.5. The molecular weight excluding hydrogens is 430 g/mol. The largest absolute Gasteiger partial charge is 0.463 e. The molecule has 3 heterocycles. The quantitative estimate of drug-likeness (QED) is 0.536. The zero-order valence-electron chi connectivity index (χ0n) is 19.1. The molecule has 0 spiro atoms. The van der Waals surface area contributed by atoms with Crippen molar-refractivity contribution >= 4 is 11.7 Å². The van der Waals surface area contributed by atoms with Gasteiger partial charge in [0.25, 0.3) is 11.7 Å². The Morgan fingerprint density at radius 2 is 1.82 bits per heavy atom. The third kappa shape index (κ3) is 4.41. The summed E-state index contributed by atoms with van der Waals surface area (Å²) in [6.45, 7) is 3.81. The number of H-pyrrole nitrogens is 1. The maximum absolute atomic E-state index is 13.0. The van der Waals surface area contributed by atoms with Crippen LogP contribution in [0, 0.1) is 6.92 Å². The number of aryl methyl sites for hydroxylation is 1. The van der Waals surface area contributed by atoms with Gasteiger partial charge in [-0.3, -0.25) is 9.59 Å². The molecule has 3 aliphatic rings. The number of nitrogens with zero attached hydrogens (tertiary/aromatic N) is 2. The highest BCUT2D eigenvalue weighted by molar-refractivity contribution is 6.43. The smallest absolute Gasteiger partial charge is 0.295 e. The number of carbonyl (C=O) groups excluding carboxylic acids is 2. The summed E-state index contributed by atoms with van der Waals surface area (Å²) >= 11 is 0. The molecule has 0 bridgehead atoms. The van der Waals surface area contributed by atoms with Crippen LogP contribution >= 0.6 is 0 Å². The van der Waals surface area contributed by atoms with E-state index >= 15 is 0 Å². The van der Waals surface area contributed by atoms with Crippen LogP contribution in [0.3, 0.4) is 0 Å². The Morgan fingerprint density at radius 1 is 1.03 bits per heavy atom. The highest BCUT2D eigenvalue weighted by Gasteiger charge is 2.30. The predicted molar refractivity (Wildman–Crippen MR) is 128 cm³/mol. The molecule has 7 nitrogen and oxygen atoms in total. The molecule has 1 aromatic carbocycles. The van der Waals surface area contributed by atoms with Crippen LogP contribution in [0.5, 0.6) is 0 Å². The summed E-state index contributed by atoms with van der Waals surface area (Å²) in [5.74, 6) is 0.382. The Morgan fingerprint density at radius 3 is 2.56 bits per heavy atom. The molecule has 2 aliphatic heterocycles. The lowest BCUT2D eigenvalue weighted by Crippen LogP contribution is -2.50. The van der Waals surface area contributed by atoms with Gasteiger partial charge >= 0.3 is 0 Å². The highest BCUT2D eigenvalue weighted by atomic mass is 16.6. The van der Waals surface area contributed by atoms with Crippen molar-refractivity contribution in [3.05, 3.63) is 95.6 Å². The first-order valence-electron chi connectivity index (χ1n) is 11.5. The average molecular weight is 458 g/mol. The maximum atomic E-state index is 13.0. The van der Waals surface area contributed by atoms with Crippen LogP contribution in [-0.2, 0) is 14.3 Å². The molecule has 174 valence electrons. The van der Waals surface area contributed by atoms with Crippen LogP contribution in [0.25, 0.3) is 11.3 Å². The fourth-order valence-electron chi connectivity index (χ4n) is 4.36. The zero-order chi connectivity index (χ0) is 23.5. The minimum Gasteiger partial charge on any atom is -0.463 e. The van der Waals surface area contributed by atoms with E-state index in [1.54, 1.807) is 23.5 Å². The van der Waals surface area contributed by atoms with Crippen LogP contribution in [0.1, 0.15) is 28.9 Å². The van der Waals surface area contributed by atoms with Crippen molar-refractivity contribution < 1.29 is 19.1 Å². The molecule has 34 heavy (non-hydrogen) atoms. The molecule has 1 N–H and O–H groups in total. The minimum atomic E-state index is -0.483. The topological polar surface area (TPSA) is 74.9 Å². The maximum Gasteiger partial charge on any atom is 0.295 e. The number of Topliss-reactive ketones (excluding diaryl/α,β-unsaturated/α-hetero) is 1. The third-order valence-electron chi connectivity index (χ3n) is 6.31. The second-order valence-electron chi connectivity index (χ2n) is 8.53. The highest BCUT2D eigenvalue weighted by Crippen LogP contribution is 2.28. The lowest BCUT2D eigenvalue weighted by atomic mass is 10.0. The van der Waals surface area contributed by atoms with E-state index in [-0.39, 0.29) is 0 Å². The predicted octanol–water partition coefficient (Wildman–Crippen LogP) is 4.28. The Bertz CT molecular complexity index is 1210. The van der Waals surface area contributed by atoms with Crippen LogP contribution < -0.4 is 0 Å². The number of ether oxygens (including phenoxy) is 2. The first-order chi connectivity index (χ1) is 16.6. The summed E-state index contributed by atoms with van der Waals surface area (Å²) in [5, 5.41) is 0. The van der Waals surface area contributed by atoms with E-state index in [4.69, 9.17) is 9.47 Å². The van der Waals surface area contributed by atoms with Gasteiger partial charge in [-0.15, -0.1) is 0 Å². The molecule has 1 aliphatic carbocycles. The second-order valence-corrected chi connectivity index (χ2v) is 8.53. The normalized spacial score (nSPS) is 17.9. The summed E-state index contributed by atoms with van der Waals surface area (Å²) in [4.78, 5) is 32.9. The van der Waals surface area contributed by atoms with Gasteiger partial charge in [-0.2, -0.15) is 0 Å². The summed E-state index contributed by atoms with van der Waals surface area (Å²) < 4.78 is 11.6. The SMILES string of the molecule is Cc1[nH]c(-c2ccccc2)cc1C(=O)C(=O)N1CCN(C2=COC=C(C3=CC=CCC3)O2)CC1. The van der Waals surface area contributed by atoms with E-state index < -0.39 is 11.7 Å². The lowest BCUT2D eigenvalue weighted by Gasteiger charge is -2.37. The number of benzene rings is 1. The lowest BCUT2D eigenvalue weighted by molar-refractivity contribution is -0.128. The number of piperazine rings is 1. The van der Waals surface area contributed by atoms with Crippen molar-refractivity contribution in [2.24, 2.45) is 0 Å². The van der Waals surface area contributed by atoms with Crippen molar-refractivity contribution in [3.8, 4) is 11.3 Å². The molecule has 1 fully saturated rings. The van der Waals surface area contributed by atoms with Crippen molar-refractivity contribution in [1.82, 2.24) is 14.8 Å². The standard InChI is InChI=1S/C27H27N3O4/c1-19-22(16-23(28-19)20-8-4-2-5-9-20)26(31)27(32)30-14-12-29(13-15-30)25-18-33-17-24(34-25)21-10-6-3-7-11-21/h2-6,8-10,16-18,28H,7,11-15H2,1H3. The third-order valence-corrected chi connectivity index (χ3v) is 6.31. The van der Waals surface area contributed by atoms with Crippen LogP contribution in [0.4, 0.5) is 0 Å². The van der Waals surface area contributed by atoms with Gasteiger partial charge in [0.15, 0.2) is 12.0 Å². The van der Waals surface area contributed by atoms with Crippen molar-refractivity contribution in [2.45, 2.75) is 19.8 Å². The number of aromatic amines is 1. The molecule has 0 unspecified atom stereocenters. The Labute approximate surface area is 198 Å². The summed E-state index contributed by atoms with van der Waals surface area (Å²) in [6, 6.07) is 11.5. The fraction of sp³-hybridized carbons (Fsp3) is 0.259. The number of hydrogen-bond acceptors (Lipinski definition) is 5. The molecule has 5 rings (SSSR count). The number of amides is 1. The monoisotopic (exact) mass is 457 g/mol. The number of carbonyl (C=O) groups is 2. The number of rotatable bonds is 5. The zero-order valence-corrected chi connectivity index (χ0v) is 19.1. The molecule has 1 amide bonds. The van der Waals surface area contributed by atoms with E-state index in [1.165, 1.54) is 0 Å². The van der Waals surface area contributed by atoms with Gasteiger partial charge < -0.3 is 24.3 Å². The molecule has 1 saturated heterocycles. The number of aromatic nitrogens is 1. The molecule has 1 aromatic heterocycles. The Hall–Kier alpha value is -4.00. The number of nitrogens with one attached hydrogen (secondary N) is 1. The average Bonchev–Trinajstić information content (AvgIpc) is 3.30.